The molecule has 0 unspecified atom stereocenters. The molecule has 31 heavy (non-hydrogen) atoms. The summed E-state index contributed by atoms with van der Waals surface area (Å²) in [5, 5.41) is 40.9. The number of hydrogen-bond acceptors (Lipinski definition) is 11. The molecule has 0 radical (unpaired) electrons. The Hall–Kier alpha value is -2.72. The van der Waals surface area contributed by atoms with Gasteiger partial charge in [0.05, 0.1) is 19.4 Å². The first-order chi connectivity index (χ1) is 14.5. The van der Waals surface area contributed by atoms with E-state index in [9.17, 15) is 29.5 Å². The highest BCUT2D eigenvalue weighted by Gasteiger charge is 2.45. The summed E-state index contributed by atoms with van der Waals surface area (Å²) in [5.74, 6) is -2.87. The third-order valence-corrected chi connectivity index (χ3v) is 4.85. The van der Waals surface area contributed by atoms with E-state index in [0.717, 1.165) is 12.7 Å². The average Bonchev–Trinajstić information content (AvgIpc) is 3.21. The molecule has 1 aliphatic heterocycles. The Bertz CT molecular complexity index is 1030. The number of nitrogens with one attached hydrogen (secondary N) is 1. The van der Waals surface area contributed by atoms with Gasteiger partial charge in [0.15, 0.2) is 23.2 Å². The maximum absolute atomic E-state index is 11.3. The zero-order chi connectivity index (χ0) is 22.9. The number of imidazole rings is 1. The molecule has 0 bridgehead atoms. The topological polar surface area (TPSA) is 247 Å². The van der Waals surface area contributed by atoms with Crippen LogP contribution in [0.15, 0.2) is 12.7 Å². The van der Waals surface area contributed by atoms with Crippen molar-refractivity contribution in [2.45, 2.75) is 37.0 Å². The minimum atomic E-state index is -4.83. The normalized spacial score (nSPS) is 24.9. The van der Waals surface area contributed by atoms with Gasteiger partial charge >= 0.3 is 19.8 Å². The molecule has 3 heterocycles. The molecule has 5 atom stereocenters. The molecule has 0 aromatic carbocycles. The van der Waals surface area contributed by atoms with Gasteiger partial charge in [0, 0.05) is 0 Å². The molecule has 2 aromatic heterocycles. The molecule has 7 N–H and O–H groups in total. The minimum absolute atomic E-state index is 0.0272. The SMILES string of the molecule is O=C(O)C[C@@H](Nc1ncnc2c1ncn2[C@H]1O[C@H](COP(=O)(O)O)[C@H](O)[C@@H]1O)C(=O)O. The number of rotatable bonds is 9. The lowest BCUT2D eigenvalue weighted by atomic mass is 10.1. The molecular weight excluding hydrogens is 445 g/mol. The predicted molar refractivity (Wildman–Crippen MR) is 96.5 cm³/mol. The fourth-order valence-electron chi connectivity index (χ4n) is 2.95. The van der Waals surface area contributed by atoms with E-state index >= 15 is 0 Å². The van der Waals surface area contributed by atoms with Crippen molar-refractivity contribution in [2.75, 3.05) is 11.9 Å². The monoisotopic (exact) mass is 463 g/mol. The van der Waals surface area contributed by atoms with Gasteiger partial charge in [-0.2, -0.15) is 0 Å². The number of carboxylic acid groups (broad SMARTS) is 2. The van der Waals surface area contributed by atoms with E-state index < -0.39 is 63.4 Å². The molecule has 0 amide bonds. The van der Waals surface area contributed by atoms with Crippen molar-refractivity contribution in [2.24, 2.45) is 0 Å². The number of aliphatic hydroxyl groups excluding tert-OH is 2. The lowest BCUT2D eigenvalue weighted by Gasteiger charge is -2.17. The number of hydrogen-bond donors (Lipinski definition) is 7. The van der Waals surface area contributed by atoms with E-state index in [1.807, 2.05) is 0 Å². The Kier molecular flexibility index (Phi) is 6.51. The van der Waals surface area contributed by atoms with Gasteiger partial charge < -0.3 is 40.3 Å². The van der Waals surface area contributed by atoms with Gasteiger partial charge in [0.25, 0.3) is 0 Å². The third-order valence-electron chi connectivity index (χ3n) is 4.36. The zero-order valence-corrected chi connectivity index (χ0v) is 16.3. The molecule has 1 aliphatic rings. The quantitative estimate of drug-likeness (QED) is 0.197. The number of phosphoric ester groups is 1. The number of carbonyl (C=O) groups is 2. The van der Waals surface area contributed by atoms with Gasteiger partial charge in [-0.1, -0.05) is 0 Å². The molecule has 0 aliphatic carbocycles. The molecule has 1 fully saturated rings. The van der Waals surface area contributed by atoms with Crippen molar-refractivity contribution in [1.82, 2.24) is 19.5 Å². The maximum atomic E-state index is 11.3. The van der Waals surface area contributed by atoms with Crippen LogP contribution in [-0.2, 0) is 23.4 Å². The van der Waals surface area contributed by atoms with Crippen LogP contribution in [0.25, 0.3) is 11.2 Å². The fraction of sp³-hybridized carbons (Fsp3) is 0.500. The first kappa shape index (κ1) is 23.0. The summed E-state index contributed by atoms with van der Waals surface area (Å²) < 4.78 is 21.8. The van der Waals surface area contributed by atoms with Crippen LogP contribution in [-0.4, -0.2) is 92.6 Å². The molecule has 170 valence electrons. The zero-order valence-electron chi connectivity index (χ0n) is 15.4. The molecule has 0 spiro atoms. The third kappa shape index (κ3) is 5.13. The van der Waals surface area contributed by atoms with E-state index in [1.54, 1.807) is 0 Å². The largest absolute Gasteiger partial charge is 0.481 e. The van der Waals surface area contributed by atoms with Gasteiger partial charge in [-0.25, -0.2) is 24.3 Å². The maximum Gasteiger partial charge on any atom is 0.469 e. The smallest absolute Gasteiger partial charge is 0.469 e. The number of aliphatic carboxylic acids is 2. The van der Waals surface area contributed by atoms with Crippen molar-refractivity contribution in [3.8, 4) is 0 Å². The average molecular weight is 463 g/mol. The van der Waals surface area contributed by atoms with Gasteiger partial charge in [0.2, 0.25) is 0 Å². The van der Waals surface area contributed by atoms with Crippen LogP contribution in [0, 0.1) is 0 Å². The summed E-state index contributed by atoms with van der Waals surface area (Å²) in [6.45, 7) is -0.705. The van der Waals surface area contributed by atoms with Crippen molar-refractivity contribution in [3.05, 3.63) is 12.7 Å². The molecule has 16 nitrogen and oxygen atoms in total. The Morgan fingerprint density at radius 2 is 1.94 bits per heavy atom. The van der Waals surface area contributed by atoms with Crippen molar-refractivity contribution in [3.63, 3.8) is 0 Å². The summed E-state index contributed by atoms with van der Waals surface area (Å²) in [5.41, 5.74) is 0.0733. The molecule has 17 heteroatoms. The number of ether oxygens (including phenoxy) is 1. The second kappa shape index (κ2) is 8.80. The van der Waals surface area contributed by atoms with E-state index in [-0.39, 0.29) is 17.0 Å². The van der Waals surface area contributed by atoms with Crippen molar-refractivity contribution >= 4 is 36.7 Å². The summed E-state index contributed by atoms with van der Waals surface area (Å²) in [6, 6.07) is -1.51. The van der Waals surface area contributed by atoms with E-state index in [0.29, 0.717) is 0 Å². The number of aliphatic hydroxyl groups is 2. The number of carboxylic acids is 2. The van der Waals surface area contributed by atoms with Crippen LogP contribution >= 0.6 is 7.82 Å². The molecule has 3 rings (SSSR count). The van der Waals surface area contributed by atoms with Gasteiger partial charge in [0.1, 0.15) is 30.7 Å². The standard InChI is InChI=1S/C14H18N5O11P/c20-7(21)1-5(14(24)25)18-11-8-12(16-3-15-11)19(4-17-8)13-10(23)9(22)6(30-13)2-29-31(26,27)28/h3-6,9-10,13,22-23H,1-2H2,(H,20,21)(H,24,25)(H,15,16,18)(H2,26,27,28)/t5-,6-,9+,10+,13+/m1/s1. The highest BCUT2D eigenvalue weighted by Crippen LogP contribution is 2.39. The molecule has 1 saturated heterocycles. The minimum Gasteiger partial charge on any atom is -0.481 e. The van der Waals surface area contributed by atoms with Crippen LogP contribution in [0.4, 0.5) is 5.82 Å². The summed E-state index contributed by atoms with van der Waals surface area (Å²) in [6.07, 6.45) is -4.20. The van der Waals surface area contributed by atoms with Crippen molar-refractivity contribution in [1.29, 1.82) is 0 Å². The summed E-state index contributed by atoms with van der Waals surface area (Å²) in [4.78, 5) is 51.6. The van der Waals surface area contributed by atoms with Crippen LogP contribution < -0.4 is 5.32 Å². The summed E-state index contributed by atoms with van der Waals surface area (Å²) >= 11 is 0. The molecule has 2 aromatic rings. The summed E-state index contributed by atoms with van der Waals surface area (Å²) in [7, 11) is -4.83. The molecular formula is C14H18N5O11P. The highest BCUT2D eigenvalue weighted by molar-refractivity contribution is 7.46. The second-order valence-corrected chi connectivity index (χ2v) is 7.75. The van der Waals surface area contributed by atoms with E-state index in [4.69, 9.17) is 19.6 Å². The molecule has 0 saturated carbocycles. The number of anilines is 1. The van der Waals surface area contributed by atoms with E-state index in [2.05, 4.69) is 24.8 Å². The van der Waals surface area contributed by atoms with Gasteiger partial charge in [-0.05, 0) is 0 Å². The van der Waals surface area contributed by atoms with Crippen molar-refractivity contribution < 1.29 is 53.6 Å². The fourth-order valence-corrected chi connectivity index (χ4v) is 3.29. The van der Waals surface area contributed by atoms with Crippen LogP contribution in [0.3, 0.4) is 0 Å². The lowest BCUT2D eigenvalue weighted by molar-refractivity contribution is -0.144. The van der Waals surface area contributed by atoms with Crippen LogP contribution in [0.1, 0.15) is 12.6 Å². The van der Waals surface area contributed by atoms with Crippen LogP contribution in [0.5, 0.6) is 0 Å². The first-order valence-corrected chi connectivity index (χ1v) is 10.1. The van der Waals surface area contributed by atoms with Gasteiger partial charge in [-0.15, -0.1) is 0 Å². The Labute approximate surface area is 172 Å². The van der Waals surface area contributed by atoms with Crippen LogP contribution in [0.2, 0.25) is 0 Å². The second-order valence-electron chi connectivity index (χ2n) is 6.51. The number of fused-ring (bicyclic) bond motifs is 1. The Morgan fingerprint density at radius 1 is 1.23 bits per heavy atom. The highest BCUT2D eigenvalue weighted by atomic mass is 31.2. The number of aromatic nitrogens is 4. The van der Waals surface area contributed by atoms with Gasteiger partial charge in [-0.3, -0.25) is 13.9 Å². The Balaban J connectivity index is 1.86. The van der Waals surface area contributed by atoms with E-state index in [1.165, 1.54) is 4.57 Å². The number of nitrogens with zero attached hydrogens (tertiary/aromatic N) is 4. The predicted octanol–water partition coefficient (Wildman–Crippen LogP) is -2.11. The number of phosphoric acid groups is 1. The first-order valence-electron chi connectivity index (χ1n) is 8.58. The lowest BCUT2D eigenvalue weighted by Crippen LogP contribution is -2.33. The Morgan fingerprint density at radius 3 is 2.55 bits per heavy atom.